The van der Waals surface area contributed by atoms with Crippen molar-refractivity contribution in [2.24, 2.45) is 28.6 Å². The summed E-state index contributed by atoms with van der Waals surface area (Å²) < 4.78 is 0. The number of ketones is 1. The van der Waals surface area contributed by atoms with Crippen molar-refractivity contribution in [3.63, 3.8) is 0 Å². The van der Waals surface area contributed by atoms with Gasteiger partial charge in [-0.2, -0.15) is 0 Å². The minimum atomic E-state index is -0.798. The Hall–Kier alpha value is -0.670. The fourth-order valence-corrected chi connectivity index (χ4v) is 6.09. The maximum atomic E-state index is 12.9. The van der Waals surface area contributed by atoms with Gasteiger partial charge in [-0.15, -0.1) is 0 Å². The molecule has 130 valence electrons. The van der Waals surface area contributed by atoms with Crippen LogP contribution in [0.4, 0.5) is 0 Å². The van der Waals surface area contributed by atoms with Gasteiger partial charge in [0.1, 0.15) is 5.78 Å². The van der Waals surface area contributed by atoms with Gasteiger partial charge in [0.25, 0.3) is 0 Å². The fourth-order valence-electron chi connectivity index (χ4n) is 6.09. The van der Waals surface area contributed by atoms with Crippen molar-refractivity contribution in [2.75, 3.05) is 0 Å². The van der Waals surface area contributed by atoms with Crippen LogP contribution in [-0.4, -0.2) is 27.7 Å². The van der Waals surface area contributed by atoms with Crippen LogP contribution < -0.4 is 0 Å². The minimum absolute atomic E-state index is 0.0263. The lowest BCUT2D eigenvalue weighted by Gasteiger charge is -2.53. The maximum Gasteiger partial charge on any atom is 0.139 e. The summed E-state index contributed by atoms with van der Waals surface area (Å²) in [5.41, 5.74) is -0.371. The van der Waals surface area contributed by atoms with Gasteiger partial charge < -0.3 is 10.2 Å². The fraction of sp³-hybridized carbons (Fsp3) is 0.850. The maximum absolute atomic E-state index is 12.9. The lowest BCUT2D eigenvalue weighted by atomic mass is 9.56. The summed E-state index contributed by atoms with van der Waals surface area (Å²) >= 11 is 0. The number of allylic oxidation sites excluding steroid dienone is 1. The van der Waals surface area contributed by atoms with E-state index in [1.54, 1.807) is 0 Å². The average Bonchev–Trinajstić information content (AvgIpc) is 2.62. The van der Waals surface area contributed by atoms with Crippen molar-refractivity contribution in [2.45, 2.75) is 77.9 Å². The highest BCUT2D eigenvalue weighted by Gasteiger charge is 2.61. The van der Waals surface area contributed by atoms with Gasteiger partial charge >= 0.3 is 0 Å². The highest BCUT2D eigenvalue weighted by Crippen LogP contribution is 2.62. The molecule has 7 unspecified atom stereocenters. The third kappa shape index (κ3) is 2.34. The Morgan fingerprint density at radius 1 is 1.22 bits per heavy atom. The normalized spacial score (nSPS) is 53.4. The Bertz CT molecular complexity index is 537. The van der Waals surface area contributed by atoms with Gasteiger partial charge in [0.15, 0.2) is 0 Å². The summed E-state index contributed by atoms with van der Waals surface area (Å²) in [7, 11) is 0. The van der Waals surface area contributed by atoms with E-state index in [4.69, 9.17) is 0 Å². The number of hydrogen-bond donors (Lipinski definition) is 2. The summed E-state index contributed by atoms with van der Waals surface area (Å²) in [5.74, 6) is 0.869. The Morgan fingerprint density at radius 3 is 2.48 bits per heavy atom. The number of carbonyl (C=O) groups excluding carboxylic acids is 1. The predicted molar refractivity (Wildman–Crippen MR) is 90.8 cm³/mol. The number of Topliss-reactive ketones (excluding diaryl/α,β-unsaturated/α-hetero) is 1. The summed E-state index contributed by atoms with van der Waals surface area (Å²) in [6, 6.07) is 0. The van der Waals surface area contributed by atoms with Gasteiger partial charge in [-0.25, -0.2) is 0 Å². The lowest BCUT2D eigenvalue weighted by molar-refractivity contribution is -0.161. The third-order valence-corrected chi connectivity index (χ3v) is 7.83. The monoisotopic (exact) mass is 320 g/mol. The van der Waals surface area contributed by atoms with Crippen LogP contribution in [0, 0.1) is 28.6 Å². The van der Waals surface area contributed by atoms with E-state index in [9.17, 15) is 15.0 Å². The first-order valence-corrected chi connectivity index (χ1v) is 9.11. The van der Waals surface area contributed by atoms with Gasteiger partial charge in [-0.05, 0) is 69.1 Å². The summed E-state index contributed by atoms with van der Waals surface area (Å²) in [6.45, 7) is 12.3. The topological polar surface area (TPSA) is 57.5 Å². The molecule has 3 rings (SSSR count). The molecule has 3 saturated carbocycles. The van der Waals surface area contributed by atoms with Crippen LogP contribution in [0.5, 0.6) is 0 Å². The molecule has 0 spiro atoms. The molecule has 0 aromatic rings. The van der Waals surface area contributed by atoms with Crippen molar-refractivity contribution in [1.82, 2.24) is 0 Å². The molecule has 23 heavy (non-hydrogen) atoms. The molecule has 0 heterocycles. The molecule has 0 saturated heterocycles. The zero-order valence-corrected chi connectivity index (χ0v) is 15.1. The smallest absolute Gasteiger partial charge is 0.139 e. The zero-order valence-electron chi connectivity index (χ0n) is 15.1. The van der Waals surface area contributed by atoms with Crippen molar-refractivity contribution in [3.8, 4) is 0 Å². The molecule has 3 nitrogen and oxygen atoms in total. The number of rotatable bonds is 1. The molecule has 0 radical (unpaired) electrons. The number of aliphatic hydroxyl groups is 2. The Morgan fingerprint density at radius 2 is 1.87 bits per heavy atom. The standard InChI is InChI=1S/C20H32O3/c1-12(2)13-10-17(22)19(4)11-15-18(3,8-6-14(13)19)16(21)7-9-20(15,5)23/h13-16,21,23H,1,6-11H2,2-5H3. The summed E-state index contributed by atoms with van der Waals surface area (Å²) in [5, 5.41) is 21.7. The van der Waals surface area contributed by atoms with Crippen LogP contribution in [-0.2, 0) is 4.79 Å². The molecular formula is C20H32O3. The van der Waals surface area contributed by atoms with Crippen molar-refractivity contribution < 1.29 is 15.0 Å². The van der Waals surface area contributed by atoms with E-state index in [0.717, 1.165) is 18.4 Å². The number of fused-ring (bicyclic) bond motifs is 2. The predicted octanol–water partition coefficient (Wildman–Crippen LogP) is 3.49. The molecule has 0 bridgehead atoms. The number of hydrogen-bond acceptors (Lipinski definition) is 3. The second-order valence-electron chi connectivity index (χ2n) is 9.32. The Labute approximate surface area is 140 Å². The lowest BCUT2D eigenvalue weighted by Crippen LogP contribution is -2.55. The van der Waals surface area contributed by atoms with Crippen LogP contribution in [0.1, 0.15) is 66.2 Å². The van der Waals surface area contributed by atoms with Crippen molar-refractivity contribution in [1.29, 1.82) is 0 Å². The van der Waals surface area contributed by atoms with Gasteiger partial charge in [-0.1, -0.05) is 26.0 Å². The molecule has 0 aromatic carbocycles. The number of aliphatic hydroxyl groups excluding tert-OH is 1. The van der Waals surface area contributed by atoms with E-state index in [-0.39, 0.29) is 28.8 Å². The highest BCUT2D eigenvalue weighted by atomic mass is 16.3. The highest BCUT2D eigenvalue weighted by molar-refractivity contribution is 5.88. The van der Waals surface area contributed by atoms with E-state index in [1.165, 1.54) is 0 Å². The molecular weight excluding hydrogens is 288 g/mol. The minimum Gasteiger partial charge on any atom is -0.393 e. The van der Waals surface area contributed by atoms with Gasteiger partial charge in [-0.3, -0.25) is 4.79 Å². The van der Waals surface area contributed by atoms with E-state index in [1.807, 2.05) is 13.8 Å². The van der Waals surface area contributed by atoms with Gasteiger partial charge in [0.05, 0.1) is 11.7 Å². The van der Waals surface area contributed by atoms with E-state index < -0.39 is 5.60 Å². The molecule has 0 amide bonds. The van der Waals surface area contributed by atoms with Crippen LogP contribution in [0.3, 0.4) is 0 Å². The van der Waals surface area contributed by atoms with E-state index in [0.29, 0.717) is 37.4 Å². The zero-order chi connectivity index (χ0) is 17.2. The molecule has 0 aliphatic heterocycles. The van der Waals surface area contributed by atoms with Crippen molar-refractivity contribution in [3.05, 3.63) is 12.2 Å². The number of carbonyl (C=O) groups is 1. The Kier molecular flexibility index (Phi) is 3.85. The summed E-state index contributed by atoms with van der Waals surface area (Å²) in [6.07, 6.45) is 4.01. The molecule has 3 heteroatoms. The second kappa shape index (κ2) is 5.16. The molecule has 3 fully saturated rings. The van der Waals surface area contributed by atoms with Crippen LogP contribution >= 0.6 is 0 Å². The van der Waals surface area contributed by atoms with Gasteiger partial charge in [0, 0.05) is 11.8 Å². The molecule has 3 aliphatic carbocycles. The van der Waals surface area contributed by atoms with Crippen molar-refractivity contribution >= 4 is 5.78 Å². The van der Waals surface area contributed by atoms with Crippen LogP contribution in [0.15, 0.2) is 12.2 Å². The molecule has 3 aliphatic rings. The van der Waals surface area contributed by atoms with Crippen LogP contribution in [0.25, 0.3) is 0 Å². The SMILES string of the molecule is C=C(C)C1CC(=O)C2(C)CC3C(C)(O)CCC(O)C3(C)CCC12. The largest absolute Gasteiger partial charge is 0.393 e. The molecule has 2 N–H and O–H groups in total. The third-order valence-electron chi connectivity index (χ3n) is 7.83. The average molecular weight is 320 g/mol. The second-order valence-corrected chi connectivity index (χ2v) is 9.32. The first kappa shape index (κ1) is 17.2. The molecule has 7 atom stereocenters. The first-order chi connectivity index (χ1) is 10.5. The summed E-state index contributed by atoms with van der Waals surface area (Å²) in [4.78, 5) is 12.9. The quantitative estimate of drug-likeness (QED) is 0.727. The van der Waals surface area contributed by atoms with Crippen LogP contribution in [0.2, 0.25) is 0 Å². The van der Waals surface area contributed by atoms with E-state index in [2.05, 4.69) is 20.4 Å². The molecule has 0 aromatic heterocycles. The first-order valence-electron chi connectivity index (χ1n) is 9.11. The van der Waals surface area contributed by atoms with E-state index >= 15 is 0 Å². The Balaban J connectivity index is 2.04. The van der Waals surface area contributed by atoms with Gasteiger partial charge in [0.2, 0.25) is 0 Å².